The lowest BCUT2D eigenvalue weighted by molar-refractivity contribution is -0.141. The highest BCUT2D eigenvalue weighted by Crippen LogP contribution is 2.30. The van der Waals surface area contributed by atoms with E-state index in [1.807, 2.05) is 49.4 Å². The van der Waals surface area contributed by atoms with Crippen molar-refractivity contribution in [2.75, 3.05) is 20.3 Å². The number of carbonyl (C=O) groups excluding carboxylic acids is 1. The van der Waals surface area contributed by atoms with Gasteiger partial charge in [-0.1, -0.05) is 29.8 Å². The van der Waals surface area contributed by atoms with Gasteiger partial charge in [-0.3, -0.25) is 9.59 Å². The molecule has 0 saturated heterocycles. The van der Waals surface area contributed by atoms with Crippen LogP contribution in [0.5, 0.6) is 11.5 Å². The molecule has 1 heterocycles. The summed E-state index contributed by atoms with van der Waals surface area (Å²) in [6.45, 7) is 2.33. The van der Waals surface area contributed by atoms with E-state index in [1.165, 1.54) is 0 Å². The van der Waals surface area contributed by atoms with E-state index in [0.717, 1.165) is 22.4 Å². The maximum atomic E-state index is 12.6. The number of rotatable bonds is 7. The zero-order chi connectivity index (χ0) is 20.1. The number of ether oxygens (including phenoxy) is 2. The number of nitrogens with one attached hydrogen (secondary N) is 1. The Hall–Kier alpha value is -3.02. The Bertz CT molecular complexity index is 864. The lowest BCUT2D eigenvalue weighted by Gasteiger charge is -2.25. The fourth-order valence-corrected chi connectivity index (χ4v) is 3.40. The molecule has 2 unspecified atom stereocenters. The van der Waals surface area contributed by atoms with E-state index in [4.69, 9.17) is 9.47 Å². The molecule has 2 aromatic carbocycles. The summed E-state index contributed by atoms with van der Waals surface area (Å²) in [6, 6.07) is 13.3. The standard InChI is InChI=1S/C22H25NO5/c1-14-4-3-5-15(8-14)9-17(22(25)26)12-23-21(24)18-10-16-11-19(27-2)6-7-20(16)28-13-18/h3-8,11,17-18H,9-10,12-13H2,1-2H3,(H,23,24)(H,25,26). The van der Waals surface area contributed by atoms with Crippen LogP contribution < -0.4 is 14.8 Å². The van der Waals surface area contributed by atoms with Gasteiger partial charge in [-0.2, -0.15) is 0 Å². The monoisotopic (exact) mass is 383 g/mol. The SMILES string of the molecule is COc1ccc2c(c1)CC(C(=O)NCC(Cc1cccc(C)c1)C(=O)O)CO2. The van der Waals surface area contributed by atoms with Gasteiger partial charge in [-0.25, -0.2) is 0 Å². The van der Waals surface area contributed by atoms with Crippen LogP contribution in [0.2, 0.25) is 0 Å². The minimum Gasteiger partial charge on any atom is -0.497 e. The van der Waals surface area contributed by atoms with Crippen molar-refractivity contribution in [3.8, 4) is 11.5 Å². The van der Waals surface area contributed by atoms with Crippen LogP contribution in [0.3, 0.4) is 0 Å². The average Bonchev–Trinajstić information content (AvgIpc) is 2.69. The van der Waals surface area contributed by atoms with Crippen LogP contribution in [-0.2, 0) is 22.4 Å². The first kappa shape index (κ1) is 19.7. The lowest BCUT2D eigenvalue weighted by Crippen LogP contribution is -2.41. The summed E-state index contributed by atoms with van der Waals surface area (Å²) < 4.78 is 10.9. The van der Waals surface area contributed by atoms with Crippen molar-refractivity contribution >= 4 is 11.9 Å². The molecule has 6 heteroatoms. The van der Waals surface area contributed by atoms with Crippen molar-refractivity contribution in [2.45, 2.75) is 19.8 Å². The number of aliphatic carboxylic acids is 1. The molecule has 2 aromatic rings. The molecule has 0 spiro atoms. The fourth-order valence-electron chi connectivity index (χ4n) is 3.40. The number of carboxylic acid groups (broad SMARTS) is 1. The molecule has 0 fully saturated rings. The van der Waals surface area contributed by atoms with Crippen LogP contribution in [0.1, 0.15) is 16.7 Å². The third-order valence-electron chi connectivity index (χ3n) is 4.98. The number of fused-ring (bicyclic) bond motifs is 1. The molecule has 1 amide bonds. The molecule has 2 atom stereocenters. The van der Waals surface area contributed by atoms with Crippen LogP contribution in [-0.4, -0.2) is 37.2 Å². The van der Waals surface area contributed by atoms with Crippen molar-refractivity contribution in [2.24, 2.45) is 11.8 Å². The smallest absolute Gasteiger partial charge is 0.308 e. The summed E-state index contributed by atoms with van der Waals surface area (Å²) in [6.07, 6.45) is 0.909. The van der Waals surface area contributed by atoms with Crippen molar-refractivity contribution < 1.29 is 24.2 Å². The maximum absolute atomic E-state index is 12.6. The van der Waals surface area contributed by atoms with E-state index < -0.39 is 11.9 Å². The predicted octanol–water partition coefficient (Wildman–Crippen LogP) is 2.61. The van der Waals surface area contributed by atoms with Crippen molar-refractivity contribution in [1.82, 2.24) is 5.32 Å². The molecule has 28 heavy (non-hydrogen) atoms. The summed E-state index contributed by atoms with van der Waals surface area (Å²) in [7, 11) is 1.59. The van der Waals surface area contributed by atoms with Crippen LogP contribution in [0, 0.1) is 18.8 Å². The largest absolute Gasteiger partial charge is 0.497 e. The van der Waals surface area contributed by atoms with Gasteiger partial charge in [0.15, 0.2) is 0 Å². The minimum atomic E-state index is -0.920. The number of carbonyl (C=O) groups is 2. The second-order valence-electron chi connectivity index (χ2n) is 7.16. The number of aryl methyl sites for hydroxylation is 1. The predicted molar refractivity (Wildman–Crippen MR) is 105 cm³/mol. The van der Waals surface area contributed by atoms with E-state index in [-0.39, 0.29) is 25.0 Å². The summed E-state index contributed by atoms with van der Waals surface area (Å²) >= 11 is 0. The molecule has 2 N–H and O–H groups in total. The normalized spacial score (nSPS) is 16.4. The Morgan fingerprint density at radius 1 is 1.29 bits per heavy atom. The molecule has 0 aromatic heterocycles. The number of hydrogen-bond acceptors (Lipinski definition) is 4. The van der Waals surface area contributed by atoms with Gasteiger partial charge in [-0.15, -0.1) is 0 Å². The topological polar surface area (TPSA) is 84.9 Å². The van der Waals surface area contributed by atoms with Gasteiger partial charge in [0.25, 0.3) is 0 Å². The van der Waals surface area contributed by atoms with Gasteiger partial charge in [0.05, 0.1) is 18.9 Å². The molecule has 0 radical (unpaired) electrons. The molecular weight excluding hydrogens is 358 g/mol. The van der Waals surface area contributed by atoms with Gasteiger partial charge >= 0.3 is 5.97 Å². The van der Waals surface area contributed by atoms with E-state index >= 15 is 0 Å². The second kappa shape index (κ2) is 8.78. The van der Waals surface area contributed by atoms with Gasteiger partial charge < -0.3 is 19.9 Å². The third kappa shape index (κ3) is 4.82. The van der Waals surface area contributed by atoms with Crippen molar-refractivity contribution in [3.05, 3.63) is 59.2 Å². The lowest BCUT2D eigenvalue weighted by atomic mass is 9.94. The molecule has 6 nitrogen and oxygen atoms in total. The molecule has 1 aliphatic rings. The van der Waals surface area contributed by atoms with Gasteiger partial charge in [0, 0.05) is 6.54 Å². The number of methoxy groups -OCH3 is 1. The number of benzene rings is 2. The molecule has 0 saturated carbocycles. The van der Waals surface area contributed by atoms with Crippen LogP contribution in [0.25, 0.3) is 0 Å². The van der Waals surface area contributed by atoms with Gasteiger partial charge in [0.1, 0.15) is 18.1 Å². The average molecular weight is 383 g/mol. The van der Waals surface area contributed by atoms with E-state index in [1.54, 1.807) is 7.11 Å². The quantitative estimate of drug-likeness (QED) is 0.768. The maximum Gasteiger partial charge on any atom is 0.308 e. The number of carboxylic acids is 1. The first-order valence-corrected chi connectivity index (χ1v) is 9.32. The number of amides is 1. The first-order chi connectivity index (χ1) is 13.5. The Kier molecular flexibility index (Phi) is 6.19. The van der Waals surface area contributed by atoms with Gasteiger partial charge in [0.2, 0.25) is 5.91 Å². The molecule has 0 aliphatic carbocycles. The highest BCUT2D eigenvalue weighted by atomic mass is 16.5. The summed E-state index contributed by atoms with van der Waals surface area (Å²) in [5.41, 5.74) is 2.95. The Balaban J connectivity index is 1.59. The third-order valence-corrected chi connectivity index (χ3v) is 4.98. The molecule has 1 aliphatic heterocycles. The Labute approximate surface area is 164 Å². The van der Waals surface area contributed by atoms with Crippen LogP contribution in [0.15, 0.2) is 42.5 Å². The van der Waals surface area contributed by atoms with E-state index in [9.17, 15) is 14.7 Å². The number of hydrogen-bond donors (Lipinski definition) is 2. The zero-order valence-corrected chi connectivity index (χ0v) is 16.1. The summed E-state index contributed by atoms with van der Waals surface area (Å²) in [5.74, 6) is -0.670. The molecular formula is C22H25NO5. The van der Waals surface area contributed by atoms with Crippen molar-refractivity contribution in [3.63, 3.8) is 0 Å². The fraction of sp³-hybridized carbons (Fsp3) is 0.364. The molecule has 148 valence electrons. The Morgan fingerprint density at radius 2 is 2.11 bits per heavy atom. The molecule has 3 rings (SSSR count). The van der Waals surface area contributed by atoms with Gasteiger partial charge in [-0.05, 0) is 49.1 Å². The minimum absolute atomic E-state index is 0.0869. The van der Waals surface area contributed by atoms with E-state index in [0.29, 0.717) is 18.6 Å². The van der Waals surface area contributed by atoms with Crippen molar-refractivity contribution in [1.29, 1.82) is 0 Å². The second-order valence-corrected chi connectivity index (χ2v) is 7.16. The zero-order valence-electron chi connectivity index (χ0n) is 16.1. The highest BCUT2D eigenvalue weighted by Gasteiger charge is 2.28. The van der Waals surface area contributed by atoms with E-state index in [2.05, 4.69) is 5.32 Å². The first-order valence-electron chi connectivity index (χ1n) is 9.32. The summed E-state index contributed by atoms with van der Waals surface area (Å²) in [4.78, 5) is 24.2. The molecule has 0 bridgehead atoms. The van der Waals surface area contributed by atoms with Crippen LogP contribution in [0.4, 0.5) is 0 Å². The highest BCUT2D eigenvalue weighted by molar-refractivity contribution is 5.80. The Morgan fingerprint density at radius 3 is 2.82 bits per heavy atom. The van der Waals surface area contributed by atoms with Crippen LogP contribution >= 0.6 is 0 Å². The summed E-state index contributed by atoms with van der Waals surface area (Å²) in [5, 5.41) is 12.3.